The summed E-state index contributed by atoms with van der Waals surface area (Å²) in [7, 11) is 0. The summed E-state index contributed by atoms with van der Waals surface area (Å²) in [5, 5.41) is 3.34. The number of benzene rings is 1. The van der Waals surface area contributed by atoms with Gasteiger partial charge in [0.25, 0.3) is 0 Å². The molecule has 0 fully saturated rings. The highest BCUT2D eigenvalue weighted by Gasteiger charge is 1.99. The molecular formula is C15H19N3. The fourth-order valence-electron chi connectivity index (χ4n) is 1.93. The van der Waals surface area contributed by atoms with Crippen LogP contribution >= 0.6 is 0 Å². The fraction of sp³-hybridized carbons (Fsp3) is 0.267. The van der Waals surface area contributed by atoms with Crippen LogP contribution in [0, 0.1) is 6.92 Å². The van der Waals surface area contributed by atoms with Crippen LogP contribution in [-0.4, -0.2) is 11.5 Å². The molecule has 3 heteroatoms. The van der Waals surface area contributed by atoms with E-state index in [4.69, 9.17) is 5.73 Å². The van der Waals surface area contributed by atoms with Crippen molar-refractivity contribution in [3.8, 4) is 0 Å². The number of hydrogen-bond acceptors (Lipinski definition) is 3. The van der Waals surface area contributed by atoms with E-state index in [0.29, 0.717) is 5.69 Å². The Kier molecular flexibility index (Phi) is 4.18. The van der Waals surface area contributed by atoms with E-state index in [1.807, 2.05) is 19.1 Å². The monoisotopic (exact) mass is 241 g/mol. The van der Waals surface area contributed by atoms with Gasteiger partial charge in [0, 0.05) is 6.54 Å². The van der Waals surface area contributed by atoms with E-state index in [1.165, 1.54) is 5.56 Å². The van der Waals surface area contributed by atoms with E-state index in [-0.39, 0.29) is 0 Å². The maximum absolute atomic E-state index is 5.67. The molecule has 1 aromatic heterocycles. The molecule has 0 unspecified atom stereocenters. The Bertz CT molecular complexity index is 494. The Morgan fingerprint density at radius 3 is 2.72 bits per heavy atom. The molecule has 2 rings (SSSR count). The van der Waals surface area contributed by atoms with Crippen LogP contribution in [0.5, 0.6) is 0 Å². The summed E-state index contributed by atoms with van der Waals surface area (Å²) in [5.41, 5.74) is 8.85. The average molecular weight is 241 g/mol. The molecule has 0 aliphatic heterocycles. The van der Waals surface area contributed by atoms with Crippen LogP contribution in [0.3, 0.4) is 0 Å². The van der Waals surface area contributed by atoms with Crippen LogP contribution in [0.4, 0.5) is 11.5 Å². The summed E-state index contributed by atoms with van der Waals surface area (Å²) in [6.45, 7) is 2.94. The fourth-order valence-corrected chi connectivity index (χ4v) is 1.93. The quantitative estimate of drug-likeness (QED) is 0.791. The number of aromatic nitrogens is 1. The summed E-state index contributed by atoms with van der Waals surface area (Å²) in [4.78, 5) is 4.29. The van der Waals surface area contributed by atoms with Crippen LogP contribution in [0.2, 0.25) is 0 Å². The molecule has 0 aliphatic rings. The van der Waals surface area contributed by atoms with Gasteiger partial charge in [-0.3, -0.25) is 0 Å². The Balaban J connectivity index is 1.79. The third-order valence-corrected chi connectivity index (χ3v) is 2.88. The maximum Gasteiger partial charge on any atom is 0.128 e. The minimum Gasteiger partial charge on any atom is -0.397 e. The van der Waals surface area contributed by atoms with Crippen molar-refractivity contribution < 1.29 is 0 Å². The largest absolute Gasteiger partial charge is 0.397 e. The first-order valence-electron chi connectivity index (χ1n) is 6.25. The van der Waals surface area contributed by atoms with E-state index in [9.17, 15) is 0 Å². The van der Waals surface area contributed by atoms with Crippen LogP contribution in [0.1, 0.15) is 17.5 Å². The van der Waals surface area contributed by atoms with E-state index in [1.54, 1.807) is 6.20 Å². The van der Waals surface area contributed by atoms with Crippen molar-refractivity contribution in [3.05, 3.63) is 53.7 Å². The lowest BCUT2D eigenvalue weighted by molar-refractivity contribution is 0.858. The van der Waals surface area contributed by atoms with Gasteiger partial charge in [-0.25, -0.2) is 4.98 Å². The Morgan fingerprint density at radius 1 is 1.22 bits per heavy atom. The summed E-state index contributed by atoms with van der Waals surface area (Å²) in [6, 6.07) is 12.5. The number of nitrogens with zero attached hydrogens (tertiary/aromatic N) is 1. The molecule has 3 N–H and O–H groups in total. The standard InChI is InChI=1S/C15H19N3/c1-12-10-14(16)11-18-15(12)17-9-5-8-13-6-3-2-4-7-13/h2-4,6-7,10-11H,5,8-9,16H2,1H3,(H,17,18). The number of nitrogen functional groups attached to an aromatic ring is 1. The van der Waals surface area contributed by atoms with Crippen LogP contribution in [0.25, 0.3) is 0 Å². The van der Waals surface area contributed by atoms with E-state index in [2.05, 4.69) is 34.6 Å². The number of anilines is 2. The van der Waals surface area contributed by atoms with E-state index >= 15 is 0 Å². The second-order valence-corrected chi connectivity index (χ2v) is 4.45. The minimum absolute atomic E-state index is 0.710. The number of nitrogens with two attached hydrogens (primary N) is 1. The van der Waals surface area contributed by atoms with Gasteiger partial charge in [0.2, 0.25) is 0 Å². The van der Waals surface area contributed by atoms with Gasteiger partial charge in [-0.2, -0.15) is 0 Å². The van der Waals surface area contributed by atoms with E-state index in [0.717, 1.165) is 30.8 Å². The third-order valence-electron chi connectivity index (χ3n) is 2.88. The maximum atomic E-state index is 5.67. The van der Waals surface area contributed by atoms with Gasteiger partial charge in [0.05, 0.1) is 11.9 Å². The summed E-state index contributed by atoms with van der Waals surface area (Å²) in [6.07, 6.45) is 3.86. The molecule has 0 amide bonds. The van der Waals surface area contributed by atoms with Crippen molar-refractivity contribution >= 4 is 11.5 Å². The first kappa shape index (κ1) is 12.4. The van der Waals surface area contributed by atoms with Gasteiger partial charge in [0.1, 0.15) is 5.82 Å². The summed E-state index contributed by atoms with van der Waals surface area (Å²) >= 11 is 0. The van der Waals surface area contributed by atoms with Crippen LogP contribution in [0.15, 0.2) is 42.6 Å². The van der Waals surface area contributed by atoms with Crippen LogP contribution in [-0.2, 0) is 6.42 Å². The molecule has 0 bridgehead atoms. The normalized spacial score (nSPS) is 10.3. The molecule has 18 heavy (non-hydrogen) atoms. The lowest BCUT2D eigenvalue weighted by Crippen LogP contribution is -2.06. The molecule has 0 aliphatic carbocycles. The first-order valence-corrected chi connectivity index (χ1v) is 6.25. The van der Waals surface area contributed by atoms with Gasteiger partial charge >= 0.3 is 0 Å². The van der Waals surface area contributed by atoms with Gasteiger partial charge in [-0.15, -0.1) is 0 Å². The van der Waals surface area contributed by atoms with Crippen molar-refractivity contribution in [1.82, 2.24) is 4.98 Å². The van der Waals surface area contributed by atoms with Crippen molar-refractivity contribution in [3.63, 3.8) is 0 Å². The SMILES string of the molecule is Cc1cc(N)cnc1NCCCc1ccccc1. The topological polar surface area (TPSA) is 50.9 Å². The third kappa shape index (κ3) is 3.48. The molecule has 0 saturated carbocycles. The zero-order valence-electron chi connectivity index (χ0n) is 10.7. The zero-order valence-corrected chi connectivity index (χ0v) is 10.7. The molecule has 0 saturated heterocycles. The lowest BCUT2D eigenvalue weighted by Gasteiger charge is -2.08. The number of rotatable bonds is 5. The Hall–Kier alpha value is -2.03. The molecule has 0 spiro atoms. The smallest absolute Gasteiger partial charge is 0.128 e. The van der Waals surface area contributed by atoms with E-state index < -0.39 is 0 Å². The predicted molar refractivity (Wildman–Crippen MR) is 76.6 cm³/mol. The van der Waals surface area contributed by atoms with Crippen molar-refractivity contribution in [1.29, 1.82) is 0 Å². The molecular weight excluding hydrogens is 222 g/mol. The molecule has 1 heterocycles. The van der Waals surface area contributed by atoms with Gasteiger partial charge in [0.15, 0.2) is 0 Å². The molecule has 0 atom stereocenters. The molecule has 1 aromatic carbocycles. The van der Waals surface area contributed by atoms with Gasteiger partial charge in [-0.05, 0) is 37.0 Å². The summed E-state index contributed by atoms with van der Waals surface area (Å²) < 4.78 is 0. The van der Waals surface area contributed by atoms with Crippen molar-refractivity contribution in [2.24, 2.45) is 0 Å². The zero-order chi connectivity index (χ0) is 12.8. The minimum atomic E-state index is 0.710. The molecule has 94 valence electrons. The first-order chi connectivity index (χ1) is 8.75. The predicted octanol–water partition coefficient (Wildman–Crippen LogP) is 3.02. The molecule has 0 radical (unpaired) electrons. The molecule has 2 aromatic rings. The second-order valence-electron chi connectivity index (χ2n) is 4.45. The number of aryl methyl sites for hydroxylation is 2. The lowest BCUT2D eigenvalue weighted by atomic mass is 10.1. The van der Waals surface area contributed by atoms with Crippen molar-refractivity contribution in [2.75, 3.05) is 17.6 Å². The number of pyridine rings is 1. The number of hydrogen-bond donors (Lipinski definition) is 2. The van der Waals surface area contributed by atoms with Crippen molar-refractivity contribution in [2.45, 2.75) is 19.8 Å². The second kappa shape index (κ2) is 6.05. The Morgan fingerprint density at radius 2 is 2.00 bits per heavy atom. The van der Waals surface area contributed by atoms with Crippen LogP contribution < -0.4 is 11.1 Å². The highest BCUT2D eigenvalue weighted by atomic mass is 15.0. The summed E-state index contributed by atoms with van der Waals surface area (Å²) in [5.74, 6) is 0.928. The highest BCUT2D eigenvalue weighted by molar-refractivity contribution is 5.50. The molecule has 3 nitrogen and oxygen atoms in total. The average Bonchev–Trinajstić information content (AvgIpc) is 2.38. The highest BCUT2D eigenvalue weighted by Crippen LogP contribution is 2.13. The Labute approximate surface area is 108 Å². The van der Waals surface area contributed by atoms with Gasteiger partial charge < -0.3 is 11.1 Å². The van der Waals surface area contributed by atoms with Gasteiger partial charge in [-0.1, -0.05) is 30.3 Å². The number of nitrogens with one attached hydrogen (secondary N) is 1.